The van der Waals surface area contributed by atoms with Gasteiger partial charge in [0.2, 0.25) is 0 Å². The second kappa shape index (κ2) is 6.54. The molecule has 0 saturated carbocycles. The Morgan fingerprint density at radius 3 is 2.33 bits per heavy atom. The Hall–Kier alpha value is -2.17. The fraction of sp³-hybridized carbons (Fsp3) is 0.308. The van der Waals surface area contributed by atoms with Crippen LogP contribution in [0.2, 0.25) is 0 Å². The Bertz CT molecular complexity index is 442. The van der Waals surface area contributed by atoms with Crippen molar-refractivity contribution in [2.75, 3.05) is 0 Å². The third-order valence-corrected chi connectivity index (χ3v) is 2.36. The number of hydrogen-bond acceptors (Lipinski definition) is 4. The van der Waals surface area contributed by atoms with Crippen LogP contribution in [-0.2, 0) is 14.3 Å². The molecular weight excluding hydrogens is 234 g/mol. The minimum Gasteiger partial charge on any atom is -0.453 e. The Labute approximate surface area is 105 Å². The number of amides is 1. The molecule has 0 fully saturated rings. The second-order valence-electron chi connectivity index (χ2n) is 3.82. The number of carbonyl (C=O) groups excluding carboxylic acids is 3. The molecule has 5 nitrogen and oxygen atoms in total. The topological polar surface area (TPSA) is 86.5 Å². The Kier molecular flexibility index (Phi) is 5.05. The van der Waals surface area contributed by atoms with Gasteiger partial charge in [0.1, 0.15) is 0 Å². The van der Waals surface area contributed by atoms with E-state index in [1.165, 1.54) is 6.92 Å². The maximum atomic E-state index is 11.7. The first kappa shape index (κ1) is 13.9. The van der Waals surface area contributed by atoms with E-state index in [0.717, 1.165) is 0 Å². The summed E-state index contributed by atoms with van der Waals surface area (Å²) in [7, 11) is 0. The fourth-order valence-corrected chi connectivity index (χ4v) is 1.30. The van der Waals surface area contributed by atoms with Gasteiger partial charge in [-0.2, -0.15) is 0 Å². The monoisotopic (exact) mass is 249 g/mol. The molecule has 96 valence electrons. The van der Waals surface area contributed by atoms with Crippen molar-refractivity contribution in [3.8, 4) is 0 Å². The second-order valence-corrected chi connectivity index (χ2v) is 3.82. The summed E-state index contributed by atoms with van der Waals surface area (Å²) in [6, 6.07) is 8.67. The largest absolute Gasteiger partial charge is 0.453 e. The lowest BCUT2D eigenvalue weighted by atomic mass is 10.1. The van der Waals surface area contributed by atoms with Gasteiger partial charge in [0, 0.05) is 12.0 Å². The lowest BCUT2D eigenvalue weighted by Gasteiger charge is -2.08. The number of primary amides is 1. The van der Waals surface area contributed by atoms with E-state index in [1.807, 2.05) is 0 Å². The molecule has 0 spiro atoms. The van der Waals surface area contributed by atoms with Gasteiger partial charge in [0.25, 0.3) is 5.91 Å². The molecule has 1 amide bonds. The molecule has 0 aromatic heterocycles. The Morgan fingerprint density at radius 2 is 1.78 bits per heavy atom. The molecule has 1 atom stereocenters. The lowest BCUT2D eigenvalue weighted by molar-refractivity contribution is -0.153. The molecule has 18 heavy (non-hydrogen) atoms. The molecule has 0 aliphatic rings. The number of carbonyl (C=O) groups is 3. The highest BCUT2D eigenvalue weighted by atomic mass is 16.5. The third-order valence-electron chi connectivity index (χ3n) is 2.36. The first-order chi connectivity index (χ1) is 8.50. The van der Waals surface area contributed by atoms with Gasteiger partial charge < -0.3 is 10.5 Å². The molecule has 1 aromatic rings. The van der Waals surface area contributed by atoms with E-state index in [1.54, 1.807) is 30.3 Å². The van der Waals surface area contributed by atoms with E-state index in [4.69, 9.17) is 10.5 Å². The first-order valence-corrected chi connectivity index (χ1v) is 5.57. The van der Waals surface area contributed by atoms with Crippen molar-refractivity contribution < 1.29 is 19.1 Å². The van der Waals surface area contributed by atoms with Crippen LogP contribution in [0.25, 0.3) is 0 Å². The van der Waals surface area contributed by atoms with Crippen LogP contribution in [0.3, 0.4) is 0 Å². The van der Waals surface area contributed by atoms with Gasteiger partial charge >= 0.3 is 5.97 Å². The summed E-state index contributed by atoms with van der Waals surface area (Å²) >= 11 is 0. The predicted octanol–water partition coefficient (Wildman–Crippen LogP) is 1.07. The van der Waals surface area contributed by atoms with Gasteiger partial charge in [-0.25, -0.2) is 0 Å². The standard InChI is InChI=1S/C13H15NO4/c1-9(13(14)17)18-12(16)8-7-11(15)10-5-3-2-4-6-10/h2-6,9H,7-8H2,1H3,(H2,14,17)/t9-/m1/s1. The number of nitrogens with two attached hydrogens (primary N) is 1. The van der Waals surface area contributed by atoms with Gasteiger partial charge in [-0.3, -0.25) is 14.4 Å². The number of esters is 1. The van der Waals surface area contributed by atoms with Crippen molar-refractivity contribution in [2.24, 2.45) is 5.73 Å². The van der Waals surface area contributed by atoms with Crippen molar-refractivity contribution in [3.63, 3.8) is 0 Å². The van der Waals surface area contributed by atoms with E-state index in [9.17, 15) is 14.4 Å². The zero-order chi connectivity index (χ0) is 13.5. The molecule has 5 heteroatoms. The molecule has 0 saturated heterocycles. The van der Waals surface area contributed by atoms with Gasteiger partial charge in [-0.1, -0.05) is 30.3 Å². The molecular formula is C13H15NO4. The van der Waals surface area contributed by atoms with Gasteiger partial charge in [0.05, 0.1) is 6.42 Å². The maximum absolute atomic E-state index is 11.7. The molecule has 0 aliphatic carbocycles. The minimum absolute atomic E-state index is 0.0499. The van der Waals surface area contributed by atoms with Crippen LogP contribution in [0.1, 0.15) is 30.1 Å². The van der Waals surface area contributed by atoms with Gasteiger partial charge in [-0.15, -0.1) is 0 Å². The number of ketones is 1. The zero-order valence-electron chi connectivity index (χ0n) is 10.1. The molecule has 2 N–H and O–H groups in total. The molecule has 0 unspecified atom stereocenters. The highest BCUT2D eigenvalue weighted by Crippen LogP contribution is 2.06. The normalized spacial score (nSPS) is 11.6. The maximum Gasteiger partial charge on any atom is 0.307 e. The van der Waals surface area contributed by atoms with E-state index < -0.39 is 18.0 Å². The van der Waals surface area contributed by atoms with Crippen LogP contribution in [-0.4, -0.2) is 23.8 Å². The van der Waals surface area contributed by atoms with Crippen molar-refractivity contribution in [3.05, 3.63) is 35.9 Å². The molecule has 0 radical (unpaired) electrons. The van der Waals surface area contributed by atoms with Crippen LogP contribution < -0.4 is 5.73 Å². The van der Waals surface area contributed by atoms with Gasteiger partial charge in [0.15, 0.2) is 11.9 Å². The Balaban J connectivity index is 2.40. The first-order valence-electron chi connectivity index (χ1n) is 5.57. The summed E-state index contributed by atoms with van der Waals surface area (Å²) in [5.74, 6) is -1.46. The molecule has 1 aromatic carbocycles. The van der Waals surface area contributed by atoms with E-state index in [-0.39, 0.29) is 18.6 Å². The summed E-state index contributed by atoms with van der Waals surface area (Å²) in [5, 5.41) is 0. The molecule has 1 rings (SSSR count). The highest BCUT2D eigenvalue weighted by Gasteiger charge is 2.15. The van der Waals surface area contributed by atoms with Crippen LogP contribution in [0.15, 0.2) is 30.3 Å². The number of benzene rings is 1. The molecule has 0 aliphatic heterocycles. The van der Waals surface area contributed by atoms with Gasteiger partial charge in [-0.05, 0) is 6.92 Å². The minimum atomic E-state index is -0.968. The number of rotatable bonds is 6. The summed E-state index contributed by atoms with van der Waals surface area (Å²) in [6.45, 7) is 1.39. The van der Waals surface area contributed by atoms with E-state index >= 15 is 0 Å². The molecule has 0 heterocycles. The van der Waals surface area contributed by atoms with Crippen LogP contribution in [0.4, 0.5) is 0 Å². The van der Waals surface area contributed by atoms with E-state index in [2.05, 4.69) is 0 Å². The van der Waals surface area contributed by atoms with Crippen LogP contribution in [0, 0.1) is 0 Å². The summed E-state index contributed by atoms with van der Waals surface area (Å²) < 4.78 is 4.73. The van der Waals surface area contributed by atoms with Crippen molar-refractivity contribution in [2.45, 2.75) is 25.9 Å². The third kappa shape index (κ3) is 4.37. The number of Topliss-reactive ketones (excluding diaryl/α,β-unsaturated/α-hetero) is 1. The van der Waals surface area contributed by atoms with Crippen LogP contribution >= 0.6 is 0 Å². The summed E-state index contributed by atoms with van der Waals surface area (Å²) in [5.41, 5.74) is 5.50. The fourth-order valence-electron chi connectivity index (χ4n) is 1.30. The molecule has 0 bridgehead atoms. The number of ether oxygens (including phenoxy) is 1. The quantitative estimate of drug-likeness (QED) is 0.603. The van der Waals surface area contributed by atoms with Crippen molar-refractivity contribution in [1.82, 2.24) is 0 Å². The summed E-state index contributed by atoms with van der Waals surface area (Å²) in [4.78, 5) is 33.7. The smallest absolute Gasteiger partial charge is 0.307 e. The van der Waals surface area contributed by atoms with Crippen molar-refractivity contribution in [1.29, 1.82) is 0 Å². The predicted molar refractivity (Wildman–Crippen MR) is 64.8 cm³/mol. The number of hydrogen-bond donors (Lipinski definition) is 1. The lowest BCUT2D eigenvalue weighted by Crippen LogP contribution is -2.30. The zero-order valence-corrected chi connectivity index (χ0v) is 10.1. The Morgan fingerprint density at radius 1 is 1.17 bits per heavy atom. The van der Waals surface area contributed by atoms with E-state index in [0.29, 0.717) is 5.56 Å². The van der Waals surface area contributed by atoms with Crippen molar-refractivity contribution >= 4 is 17.7 Å². The summed E-state index contributed by atoms with van der Waals surface area (Å²) in [6.07, 6.45) is -0.982. The van der Waals surface area contributed by atoms with Crippen LogP contribution in [0.5, 0.6) is 0 Å². The average molecular weight is 249 g/mol. The SMILES string of the molecule is C[C@@H](OC(=O)CCC(=O)c1ccccc1)C(N)=O. The highest BCUT2D eigenvalue weighted by molar-refractivity contribution is 5.97. The average Bonchev–Trinajstić information content (AvgIpc) is 2.36.